The molecule has 0 saturated carbocycles. The number of rotatable bonds is 5. The third-order valence-electron chi connectivity index (χ3n) is 4.46. The van der Waals surface area contributed by atoms with E-state index in [1.54, 1.807) is 6.07 Å². The van der Waals surface area contributed by atoms with Crippen LogP contribution in [0.25, 0.3) is 0 Å². The lowest BCUT2D eigenvalue weighted by atomic mass is 10.0. The van der Waals surface area contributed by atoms with Gasteiger partial charge in [-0.25, -0.2) is 0 Å². The summed E-state index contributed by atoms with van der Waals surface area (Å²) in [5, 5.41) is 9.49. The Labute approximate surface area is 154 Å². The van der Waals surface area contributed by atoms with Gasteiger partial charge in [-0.3, -0.25) is 4.57 Å². The Hall–Kier alpha value is -3.19. The van der Waals surface area contributed by atoms with Crippen molar-refractivity contribution in [2.24, 2.45) is 0 Å². The fourth-order valence-electron chi connectivity index (χ4n) is 2.87. The van der Waals surface area contributed by atoms with Crippen LogP contribution < -0.4 is 10.5 Å². The summed E-state index contributed by atoms with van der Waals surface area (Å²) in [6.45, 7) is 6.83. The predicted molar refractivity (Wildman–Crippen MR) is 104 cm³/mol. The average molecular weight is 345 g/mol. The van der Waals surface area contributed by atoms with Gasteiger partial charge in [0.1, 0.15) is 17.5 Å². The molecule has 0 fully saturated rings. The van der Waals surface area contributed by atoms with Crippen molar-refractivity contribution in [3.8, 4) is 17.7 Å². The molecule has 0 saturated heterocycles. The monoisotopic (exact) mass is 345 g/mol. The Bertz CT molecular complexity index is 950. The van der Waals surface area contributed by atoms with Gasteiger partial charge in [-0.1, -0.05) is 56.3 Å². The number of nitriles is 1. The Morgan fingerprint density at radius 3 is 2.50 bits per heavy atom. The summed E-state index contributed by atoms with van der Waals surface area (Å²) in [7, 11) is 0. The van der Waals surface area contributed by atoms with Crippen LogP contribution >= 0.6 is 0 Å². The molecule has 0 aliphatic rings. The zero-order chi connectivity index (χ0) is 18.7. The second-order valence-electron chi connectivity index (χ2n) is 6.76. The maximum Gasteiger partial charge on any atom is 0.224 e. The van der Waals surface area contributed by atoms with Gasteiger partial charge >= 0.3 is 0 Å². The number of aromatic nitrogens is 1. The van der Waals surface area contributed by atoms with E-state index in [-0.39, 0.29) is 0 Å². The lowest BCUT2D eigenvalue weighted by molar-refractivity contribution is 0.433. The van der Waals surface area contributed by atoms with Crippen molar-refractivity contribution in [3.05, 3.63) is 77.0 Å². The van der Waals surface area contributed by atoms with Gasteiger partial charge in [-0.15, -0.1) is 0 Å². The lowest BCUT2D eigenvalue weighted by Crippen LogP contribution is -2.05. The summed E-state index contributed by atoms with van der Waals surface area (Å²) in [6, 6.07) is 20.0. The minimum absolute atomic E-state index is 0.404. The fraction of sp³-hybridized carbons (Fsp3) is 0.227. The van der Waals surface area contributed by atoms with Crippen LogP contribution in [-0.2, 0) is 6.54 Å². The Morgan fingerprint density at radius 1 is 1.12 bits per heavy atom. The van der Waals surface area contributed by atoms with E-state index in [1.165, 1.54) is 5.56 Å². The highest BCUT2D eigenvalue weighted by molar-refractivity contribution is 5.57. The molecule has 0 spiro atoms. The Morgan fingerprint density at radius 2 is 1.85 bits per heavy atom. The molecule has 0 aliphatic heterocycles. The van der Waals surface area contributed by atoms with Crippen LogP contribution in [0.5, 0.6) is 11.6 Å². The van der Waals surface area contributed by atoms with Crippen molar-refractivity contribution >= 4 is 5.69 Å². The molecule has 0 radical (unpaired) electrons. The quantitative estimate of drug-likeness (QED) is 0.690. The van der Waals surface area contributed by atoms with Gasteiger partial charge in [0.15, 0.2) is 0 Å². The number of ether oxygens (including phenoxy) is 1. The first-order valence-corrected chi connectivity index (χ1v) is 8.71. The van der Waals surface area contributed by atoms with Crippen molar-refractivity contribution in [1.82, 2.24) is 4.57 Å². The average Bonchev–Trinajstić information content (AvgIpc) is 2.93. The molecule has 1 heterocycles. The molecule has 0 unspecified atom stereocenters. The van der Waals surface area contributed by atoms with Crippen molar-refractivity contribution in [1.29, 1.82) is 5.26 Å². The molecule has 4 nitrogen and oxygen atoms in total. The van der Waals surface area contributed by atoms with Crippen LogP contribution in [0, 0.1) is 18.3 Å². The van der Waals surface area contributed by atoms with Crippen molar-refractivity contribution in [2.45, 2.75) is 33.2 Å². The maximum atomic E-state index is 9.49. The first-order chi connectivity index (χ1) is 12.5. The normalized spacial score (nSPS) is 10.7. The van der Waals surface area contributed by atoms with Crippen LogP contribution in [0.1, 0.15) is 42.1 Å². The highest BCUT2D eigenvalue weighted by Gasteiger charge is 2.17. The smallest absolute Gasteiger partial charge is 0.224 e. The van der Waals surface area contributed by atoms with Gasteiger partial charge in [0.05, 0.1) is 12.2 Å². The van der Waals surface area contributed by atoms with Crippen molar-refractivity contribution in [3.63, 3.8) is 0 Å². The number of nitrogens with zero attached hydrogens (tertiary/aromatic N) is 2. The highest BCUT2D eigenvalue weighted by Crippen LogP contribution is 2.34. The number of nitrogen functional groups attached to an aromatic ring is 1. The van der Waals surface area contributed by atoms with E-state index < -0.39 is 0 Å². The first kappa shape index (κ1) is 17.6. The van der Waals surface area contributed by atoms with E-state index in [4.69, 9.17) is 10.5 Å². The standard InChI is InChI=1S/C22H23N3O/c1-15(2)18-10-9-16(3)21(11-18)26-22-20(24)12-19(13-23)25(22)14-17-7-5-4-6-8-17/h4-12,15H,14,24H2,1-3H3. The van der Waals surface area contributed by atoms with E-state index in [1.807, 2.05) is 47.9 Å². The summed E-state index contributed by atoms with van der Waals surface area (Å²) in [6.07, 6.45) is 0. The van der Waals surface area contributed by atoms with E-state index in [0.29, 0.717) is 29.7 Å². The number of anilines is 1. The number of nitrogens with two attached hydrogens (primary N) is 1. The Balaban J connectivity index is 2.02. The minimum atomic E-state index is 0.404. The molecule has 4 heteroatoms. The third-order valence-corrected chi connectivity index (χ3v) is 4.46. The first-order valence-electron chi connectivity index (χ1n) is 8.71. The van der Waals surface area contributed by atoms with E-state index in [9.17, 15) is 5.26 Å². The molecular weight excluding hydrogens is 322 g/mol. The highest BCUT2D eigenvalue weighted by atomic mass is 16.5. The third kappa shape index (κ3) is 3.57. The number of hydrogen-bond acceptors (Lipinski definition) is 3. The summed E-state index contributed by atoms with van der Waals surface area (Å²) < 4.78 is 8.03. The molecule has 132 valence electrons. The molecule has 0 aliphatic carbocycles. The largest absolute Gasteiger partial charge is 0.438 e. The molecule has 1 aromatic heterocycles. The van der Waals surface area contributed by atoms with E-state index >= 15 is 0 Å². The van der Waals surface area contributed by atoms with Crippen LogP contribution in [0.4, 0.5) is 5.69 Å². The van der Waals surface area contributed by atoms with Gasteiger partial charge in [0.2, 0.25) is 5.88 Å². The second kappa shape index (κ2) is 7.37. The van der Waals surface area contributed by atoms with Gasteiger partial charge in [0.25, 0.3) is 0 Å². The van der Waals surface area contributed by atoms with Crippen LogP contribution in [0.15, 0.2) is 54.6 Å². The van der Waals surface area contributed by atoms with Gasteiger partial charge in [-0.2, -0.15) is 5.26 Å². The second-order valence-corrected chi connectivity index (χ2v) is 6.76. The Kier molecular flexibility index (Phi) is 4.99. The molecule has 0 amide bonds. The molecular formula is C22H23N3O. The van der Waals surface area contributed by atoms with Crippen LogP contribution in [-0.4, -0.2) is 4.57 Å². The fourth-order valence-corrected chi connectivity index (χ4v) is 2.87. The SMILES string of the molecule is Cc1ccc(C(C)C)cc1Oc1c(N)cc(C#N)n1Cc1ccccc1. The molecule has 26 heavy (non-hydrogen) atoms. The number of aryl methyl sites for hydroxylation is 1. The van der Waals surface area contributed by atoms with Crippen molar-refractivity contribution < 1.29 is 4.74 Å². The molecule has 0 bridgehead atoms. The lowest BCUT2D eigenvalue weighted by Gasteiger charge is -2.15. The van der Waals surface area contributed by atoms with Gasteiger partial charge in [-0.05, 0) is 35.6 Å². The topological polar surface area (TPSA) is 64.0 Å². The predicted octanol–water partition coefficient (Wildman–Crippen LogP) is 5.21. The molecule has 2 N–H and O–H groups in total. The summed E-state index contributed by atoms with van der Waals surface area (Å²) in [5.74, 6) is 1.68. The zero-order valence-electron chi connectivity index (χ0n) is 15.4. The maximum absolute atomic E-state index is 9.49. The zero-order valence-corrected chi connectivity index (χ0v) is 15.4. The van der Waals surface area contributed by atoms with Crippen LogP contribution in [0.2, 0.25) is 0 Å². The van der Waals surface area contributed by atoms with Gasteiger partial charge < -0.3 is 10.5 Å². The van der Waals surface area contributed by atoms with Crippen molar-refractivity contribution in [2.75, 3.05) is 5.73 Å². The molecule has 2 aromatic carbocycles. The molecule has 0 atom stereocenters. The van der Waals surface area contributed by atoms with E-state index in [0.717, 1.165) is 16.9 Å². The van der Waals surface area contributed by atoms with Crippen LogP contribution in [0.3, 0.4) is 0 Å². The molecule has 3 aromatic rings. The number of benzene rings is 2. The number of hydrogen-bond donors (Lipinski definition) is 1. The summed E-state index contributed by atoms with van der Waals surface area (Å²) in [5.41, 5.74) is 10.4. The molecule has 3 rings (SSSR count). The summed E-state index contributed by atoms with van der Waals surface area (Å²) >= 11 is 0. The summed E-state index contributed by atoms with van der Waals surface area (Å²) in [4.78, 5) is 0. The minimum Gasteiger partial charge on any atom is -0.438 e. The van der Waals surface area contributed by atoms with Gasteiger partial charge in [0, 0.05) is 6.07 Å². The van der Waals surface area contributed by atoms with E-state index in [2.05, 4.69) is 32.0 Å².